The molecule has 1 aliphatic rings. The quantitative estimate of drug-likeness (QED) is 0.526. The first-order chi connectivity index (χ1) is 13.2. The second kappa shape index (κ2) is 11.7. The average molecular weight is 393 g/mol. The van der Waals surface area contributed by atoms with E-state index in [0.717, 1.165) is 36.9 Å². The smallest absolute Gasteiger partial charge is 0.257 e. The summed E-state index contributed by atoms with van der Waals surface area (Å²) in [6.45, 7) is 10.4. The third-order valence-corrected chi connectivity index (χ3v) is 5.65. The summed E-state index contributed by atoms with van der Waals surface area (Å²) in [5, 5.41) is 6.82. The summed E-state index contributed by atoms with van der Waals surface area (Å²) in [7, 11) is 0. The van der Waals surface area contributed by atoms with Crippen molar-refractivity contribution in [1.29, 1.82) is 0 Å². The van der Waals surface area contributed by atoms with Crippen LogP contribution in [0.3, 0.4) is 0 Å². The summed E-state index contributed by atoms with van der Waals surface area (Å²) in [5.41, 5.74) is 1.07. The van der Waals surface area contributed by atoms with Crippen LogP contribution in [0.1, 0.15) is 32.8 Å². The van der Waals surface area contributed by atoms with Gasteiger partial charge in [-0.25, -0.2) is 4.99 Å². The Kier molecular flexibility index (Phi) is 9.31. The predicted octanol–water partition coefficient (Wildman–Crippen LogP) is 2.49. The van der Waals surface area contributed by atoms with Gasteiger partial charge in [-0.1, -0.05) is 19.1 Å². The molecule has 0 spiro atoms. The maximum absolute atomic E-state index is 11.5. The molecule has 0 saturated carbocycles. The Morgan fingerprint density at radius 2 is 2.11 bits per heavy atom. The van der Waals surface area contributed by atoms with Crippen LogP contribution in [0.4, 0.5) is 0 Å². The molecule has 1 aromatic carbocycles. The lowest BCUT2D eigenvalue weighted by Crippen LogP contribution is -2.48. The van der Waals surface area contributed by atoms with Crippen molar-refractivity contribution in [2.24, 2.45) is 4.99 Å². The largest absolute Gasteiger partial charge is 0.484 e. The van der Waals surface area contributed by atoms with Crippen LogP contribution in [0.25, 0.3) is 0 Å². The normalized spacial score (nSPS) is 17.5. The van der Waals surface area contributed by atoms with Gasteiger partial charge in [0.2, 0.25) is 0 Å². The molecule has 2 N–H and O–H groups in total. The fourth-order valence-electron chi connectivity index (χ4n) is 2.88. The molecule has 150 valence electrons. The van der Waals surface area contributed by atoms with Gasteiger partial charge in [0.1, 0.15) is 5.75 Å². The number of aliphatic imine (C=N–C) groups is 1. The lowest BCUT2D eigenvalue weighted by atomic mass is 10.2. The molecule has 1 unspecified atom stereocenters. The van der Waals surface area contributed by atoms with Crippen LogP contribution in [0, 0.1) is 0 Å². The number of amides is 1. The minimum absolute atomic E-state index is 0.0348. The van der Waals surface area contributed by atoms with Gasteiger partial charge in [0, 0.05) is 37.2 Å². The van der Waals surface area contributed by atoms with Crippen LogP contribution in [0.2, 0.25) is 0 Å². The van der Waals surface area contributed by atoms with E-state index < -0.39 is 0 Å². The lowest BCUT2D eigenvalue weighted by Gasteiger charge is -2.34. The van der Waals surface area contributed by atoms with Crippen molar-refractivity contribution in [3.05, 3.63) is 29.8 Å². The van der Waals surface area contributed by atoms with Crippen molar-refractivity contribution >= 4 is 23.6 Å². The van der Waals surface area contributed by atoms with Gasteiger partial charge in [-0.15, -0.1) is 0 Å². The first-order valence-electron chi connectivity index (χ1n) is 9.79. The second-order valence-corrected chi connectivity index (χ2v) is 7.82. The highest BCUT2D eigenvalue weighted by atomic mass is 32.2. The van der Waals surface area contributed by atoms with Crippen LogP contribution in [-0.4, -0.2) is 60.6 Å². The highest BCUT2D eigenvalue weighted by Gasteiger charge is 2.21. The monoisotopic (exact) mass is 392 g/mol. The molecule has 6 nitrogen and oxygen atoms in total. The number of carbonyl (C=O) groups is 1. The van der Waals surface area contributed by atoms with Crippen LogP contribution in [0.5, 0.6) is 5.75 Å². The minimum Gasteiger partial charge on any atom is -0.484 e. The van der Waals surface area contributed by atoms with Crippen LogP contribution in [0.15, 0.2) is 29.3 Å². The number of ether oxygens (including phenoxy) is 1. The van der Waals surface area contributed by atoms with Crippen LogP contribution >= 0.6 is 11.8 Å². The molecule has 1 aliphatic heterocycles. The zero-order valence-electron chi connectivity index (χ0n) is 16.7. The number of thioether (sulfide) groups is 1. The Hall–Kier alpha value is -1.89. The van der Waals surface area contributed by atoms with Crippen molar-refractivity contribution in [2.75, 3.05) is 38.5 Å². The van der Waals surface area contributed by atoms with Gasteiger partial charge in [-0.3, -0.25) is 4.79 Å². The fourth-order valence-corrected chi connectivity index (χ4v) is 4.06. The third kappa shape index (κ3) is 7.33. The van der Waals surface area contributed by atoms with Crippen molar-refractivity contribution in [3.63, 3.8) is 0 Å². The summed E-state index contributed by atoms with van der Waals surface area (Å²) < 4.78 is 5.57. The number of rotatable bonds is 8. The molecular weight excluding hydrogens is 360 g/mol. The number of benzene rings is 1. The molecule has 0 aliphatic carbocycles. The van der Waals surface area contributed by atoms with E-state index in [9.17, 15) is 4.79 Å². The Morgan fingerprint density at radius 3 is 2.85 bits per heavy atom. The molecule has 2 rings (SSSR count). The summed E-state index contributed by atoms with van der Waals surface area (Å²) >= 11 is 2.06. The maximum atomic E-state index is 11.5. The van der Waals surface area contributed by atoms with E-state index in [1.54, 1.807) is 0 Å². The summed E-state index contributed by atoms with van der Waals surface area (Å²) in [6.07, 6.45) is 1.19. The number of guanidine groups is 1. The SMILES string of the molecule is CCNC(=O)COc1cccc(CN=C(NCC)N2CCSC(CC)C2)c1. The zero-order chi connectivity index (χ0) is 19.5. The van der Waals surface area contributed by atoms with E-state index in [1.807, 2.05) is 31.2 Å². The fraction of sp³-hybridized carbons (Fsp3) is 0.600. The Bertz CT molecular complexity index is 624. The van der Waals surface area contributed by atoms with Gasteiger partial charge in [0.25, 0.3) is 5.91 Å². The molecule has 1 amide bonds. The van der Waals surface area contributed by atoms with Crippen molar-refractivity contribution in [2.45, 2.75) is 39.0 Å². The zero-order valence-corrected chi connectivity index (χ0v) is 17.5. The van der Waals surface area contributed by atoms with E-state index in [1.165, 1.54) is 6.42 Å². The van der Waals surface area contributed by atoms with E-state index in [-0.39, 0.29) is 12.5 Å². The number of hydrogen-bond donors (Lipinski definition) is 2. The topological polar surface area (TPSA) is 66.0 Å². The molecule has 7 heteroatoms. The summed E-state index contributed by atoms with van der Waals surface area (Å²) in [4.78, 5) is 18.7. The molecule has 0 aromatic heterocycles. The number of nitrogens with one attached hydrogen (secondary N) is 2. The molecule has 1 aromatic rings. The summed E-state index contributed by atoms with van der Waals surface area (Å²) in [6, 6.07) is 7.79. The first-order valence-corrected chi connectivity index (χ1v) is 10.8. The van der Waals surface area contributed by atoms with Gasteiger partial charge in [-0.05, 0) is 38.0 Å². The van der Waals surface area contributed by atoms with Gasteiger partial charge < -0.3 is 20.3 Å². The van der Waals surface area contributed by atoms with E-state index in [0.29, 0.717) is 24.1 Å². The standard InChI is InChI=1S/C20H32N4O2S/c1-4-18-14-24(10-11-27-18)20(22-6-3)23-13-16-8-7-9-17(12-16)26-15-19(25)21-5-2/h7-9,12,18H,4-6,10-11,13-15H2,1-3H3,(H,21,25)(H,22,23). The molecule has 27 heavy (non-hydrogen) atoms. The number of likely N-dealkylation sites (N-methyl/N-ethyl adjacent to an activating group) is 1. The van der Waals surface area contributed by atoms with E-state index >= 15 is 0 Å². The Balaban J connectivity index is 1.98. The van der Waals surface area contributed by atoms with Gasteiger partial charge in [0.05, 0.1) is 6.54 Å². The number of carbonyl (C=O) groups excluding carboxylic acids is 1. The number of hydrogen-bond acceptors (Lipinski definition) is 4. The highest BCUT2D eigenvalue weighted by molar-refractivity contribution is 8.00. The van der Waals surface area contributed by atoms with Gasteiger partial charge >= 0.3 is 0 Å². The predicted molar refractivity (Wildman–Crippen MR) is 114 cm³/mol. The molecule has 1 saturated heterocycles. The second-order valence-electron chi connectivity index (χ2n) is 6.41. The Labute approximate surface area is 167 Å². The molecule has 0 radical (unpaired) electrons. The maximum Gasteiger partial charge on any atom is 0.257 e. The third-order valence-electron chi connectivity index (χ3n) is 4.28. The molecule has 0 bridgehead atoms. The van der Waals surface area contributed by atoms with Gasteiger partial charge in [-0.2, -0.15) is 11.8 Å². The van der Waals surface area contributed by atoms with Crippen molar-refractivity contribution in [3.8, 4) is 5.75 Å². The van der Waals surface area contributed by atoms with Crippen LogP contribution in [-0.2, 0) is 11.3 Å². The van der Waals surface area contributed by atoms with E-state index in [4.69, 9.17) is 9.73 Å². The lowest BCUT2D eigenvalue weighted by molar-refractivity contribution is -0.122. The van der Waals surface area contributed by atoms with Crippen LogP contribution < -0.4 is 15.4 Å². The molecule has 1 fully saturated rings. The molecule has 1 atom stereocenters. The minimum atomic E-state index is -0.108. The number of nitrogens with zero attached hydrogens (tertiary/aromatic N) is 2. The summed E-state index contributed by atoms with van der Waals surface area (Å²) in [5.74, 6) is 2.71. The Morgan fingerprint density at radius 1 is 1.30 bits per heavy atom. The average Bonchev–Trinajstić information content (AvgIpc) is 2.70. The highest BCUT2D eigenvalue weighted by Crippen LogP contribution is 2.21. The molecule has 1 heterocycles. The molecular formula is C20H32N4O2S. The van der Waals surface area contributed by atoms with Crippen molar-refractivity contribution < 1.29 is 9.53 Å². The first kappa shape index (κ1) is 21.4. The van der Waals surface area contributed by atoms with Crippen molar-refractivity contribution in [1.82, 2.24) is 15.5 Å². The van der Waals surface area contributed by atoms with Gasteiger partial charge in [0.15, 0.2) is 12.6 Å². The van der Waals surface area contributed by atoms with E-state index in [2.05, 4.69) is 41.1 Å².